The predicted octanol–water partition coefficient (Wildman–Crippen LogP) is 28.5. The number of benzene rings is 17. The third kappa shape index (κ3) is 12.6. The number of nitrogens with zero attached hydrogens (tertiary/aromatic N) is 3. The SMILES string of the molecule is N/C(=N\C(=C/Cc1cc(S(c2ccc(-c3ccccc3)cc2)(c2ccc(-c3ccccc3)cc2)c2ccc(-c3ccccc3)cc2)cc(S(c2ccc(-c3ccccc3)cc2)(c2ccc(-c3ccccc3)cc2)c2ccc(-c3ccccc3)cc2)c1)n1c2ccccc2c2ccccc21)n1c2ccccc2c2ccccc21. The summed E-state index contributed by atoms with van der Waals surface area (Å²) >= 11 is 0. The minimum atomic E-state index is -2.58. The van der Waals surface area contributed by atoms with E-state index < -0.39 is 20.1 Å². The minimum Gasteiger partial charge on any atom is -0.369 e. The molecule has 4 nitrogen and oxygen atoms in total. The van der Waals surface area contributed by atoms with Crippen molar-refractivity contribution in [1.82, 2.24) is 9.13 Å². The highest BCUT2D eigenvalue weighted by molar-refractivity contribution is 8.34. The molecule has 112 heavy (non-hydrogen) atoms. The number of aliphatic imine (C=N–C) groups is 1. The molecular formula is C106H78N4S2. The predicted molar refractivity (Wildman–Crippen MR) is 473 cm³/mol. The van der Waals surface area contributed by atoms with Crippen LogP contribution >= 0.6 is 20.1 Å². The Labute approximate surface area is 657 Å². The van der Waals surface area contributed by atoms with Crippen molar-refractivity contribution in [2.75, 3.05) is 0 Å². The van der Waals surface area contributed by atoms with Gasteiger partial charge in [0.2, 0.25) is 5.96 Å². The number of fused-ring (bicyclic) bond motifs is 6. The topological polar surface area (TPSA) is 48.2 Å². The van der Waals surface area contributed by atoms with Crippen LogP contribution < -0.4 is 5.73 Å². The highest BCUT2D eigenvalue weighted by Crippen LogP contribution is 2.78. The van der Waals surface area contributed by atoms with Crippen LogP contribution in [0.1, 0.15) is 5.56 Å². The van der Waals surface area contributed by atoms with Crippen LogP contribution in [0.4, 0.5) is 0 Å². The van der Waals surface area contributed by atoms with Crippen molar-refractivity contribution in [3.8, 4) is 66.8 Å². The molecule has 2 N–H and O–H groups in total. The van der Waals surface area contributed by atoms with E-state index in [1.807, 2.05) is 0 Å². The van der Waals surface area contributed by atoms with Crippen molar-refractivity contribution in [3.63, 3.8) is 0 Å². The van der Waals surface area contributed by atoms with Crippen molar-refractivity contribution in [1.29, 1.82) is 0 Å². The van der Waals surface area contributed by atoms with Crippen LogP contribution in [0.15, 0.2) is 493 Å². The summed E-state index contributed by atoms with van der Waals surface area (Å²) < 4.78 is 4.46. The molecule has 0 aliphatic heterocycles. The lowest BCUT2D eigenvalue weighted by Gasteiger charge is -2.46. The fourth-order valence-corrected chi connectivity index (χ4v) is 24.4. The van der Waals surface area contributed by atoms with E-state index in [0.717, 1.165) is 116 Å². The van der Waals surface area contributed by atoms with Crippen LogP contribution in [0.2, 0.25) is 0 Å². The second kappa shape index (κ2) is 30.0. The van der Waals surface area contributed by atoms with Gasteiger partial charge in [0, 0.05) is 60.7 Å². The van der Waals surface area contributed by atoms with Gasteiger partial charge in [-0.15, -0.1) is 20.1 Å². The standard InChI is InChI=1S/C106H78N4S2/c107-106(110-103-45-25-21-41-99(103)100-42-22-26-46-104(100)110)108-105(109-101-43-23-19-39-97(101)98-40-20-24-44-102(98)109)72-47-76-73-95(111(89-60-48-83(49-61-89)77-27-7-1-8-28-77,90-62-50-84(51-63-90)78-29-9-2-10-30-78)91-64-52-85(53-65-91)79-31-11-3-12-32-79)75-96(74-76)112(92-66-54-86(55-67-92)80-33-13-4-14-34-80,93-68-56-87(57-69-93)81-35-15-5-16-36-81)94-70-58-88(59-71-94)82-37-17-6-18-38-82/h1-46,48-75H,47H2,(H2,107,108)/b105-72+. The Balaban J connectivity index is 0.947. The van der Waals surface area contributed by atoms with E-state index >= 15 is 0 Å². The van der Waals surface area contributed by atoms with Crippen molar-refractivity contribution in [2.45, 2.75) is 45.6 Å². The zero-order valence-electron chi connectivity index (χ0n) is 61.7. The van der Waals surface area contributed by atoms with Gasteiger partial charge in [0.1, 0.15) is 5.82 Å². The average Bonchev–Trinajstić information content (AvgIpc) is 0.934. The summed E-state index contributed by atoms with van der Waals surface area (Å²) in [5, 5.41) is 4.48. The molecule has 0 unspecified atom stereocenters. The van der Waals surface area contributed by atoms with Crippen LogP contribution in [0.25, 0.3) is 116 Å². The first kappa shape index (κ1) is 68.8. The molecule has 0 amide bonds. The maximum absolute atomic E-state index is 7.74. The minimum absolute atomic E-state index is 0.362. The van der Waals surface area contributed by atoms with E-state index in [9.17, 15) is 0 Å². The van der Waals surface area contributed by atoms with E-state index in [4.69, 9.17) is 10.7 Å². The number of aromatic nitrogens is 2. The molecule has 17 aromatic carbocycles. The van der Waals surface area contributed by atoms with Crippen LogP contribution in [0, 0.1) is 0 Å². The highest BCUT2D eigenvalue weighted by Gasteiger charge is 2.39. The van der Waals surface area contributed by atoms with Crippen molar-refractivity contribution in [2.24, 2.45) is 10.7 Å². The van der Waals surface area contributed by atoms with E-state index in [1.165, 1.54) is 39.2 Å². The van der Waals surface area contributed by atoms with Gasteiger partial charge in [-0.05, 0) is 200 Å². The normalized spacial score (nSPS) is 12.4. The third-order valence-corrected chi connectivity index (χ3v) is 29.7. The molecule has 534 valence electrons. The second-order valence-corrected chi connectivity index (χ2v) is 34.6. The Morgan fingerprint density at radius 2 is 0.429 bits per heavy atom. The van der Waals surface area contributed by atoms with Gasteiger partial charge in [0.05, 0.1) is 22.1 Å². The van der Waals surface area contributed by atoms with Gasteiger partial charge in [0.15, 0.2) is 0 Å². The molecule has 0 aliphatic carbocycles. The monoisotopic (exact) mass is 1470 g/mol. The van der Waals surface area contributed by atoms with Gasteiger partial charge in [0.25, 0.3) is 0 Å². The summed E-state index contributed by atoms with van der Waals surface area (Å²) in [6, 6.07) is 164. The summed E-state index contributed by atoms with van der Waals surface area (Å²) in [5.41, 5.74) is 26.7. The summed E-state index contributed by atoms with van der Waals surface area (Å²) in [5.74, 6) is 1.07. The van der Waals surface area contributed by atoms with Crippen LogP contribution in [-0.4, -0.2) is 15.1 Å². The largest absolute Gasteiger partial charge is 0.369 e. The quantitative estimate of drug-likeness (QED) is 0.0675. The number of rotatable bonds is 18. The van der Waals surface area contributed by atoms with E-state index in [-0.39, 0.29) is 0 Å². The smallest absolute Gasteiger partial charge is 0.207 e. The molecule has 0 fully saturated rings. The van der Waals surface area contributed by atoms with Crippen LogP contribution in [0.3, 0.4) is 0 Å². The van der Waals surface area contributed by atoms with E-state index in [0.29, 0.717) is 18.2 Å². The number of nitrogens with two attached hydrogens (primary N) is 1. The molecule has 0 aliphatic rings. The Hall–Kier alpha value is -13.8. The first-order chi connectivity index (χ1) is 55.4. The van der Waals surface area contributed by atoms with Gasteiger partial charge >= 0.3 is 0 Å². The Bertz CT molecular complexity index is 5840. The lowest BCUT2D eigenvalue weighted by molar-refractivity contribution is 1.10. The van der Waals surface area contributed by atoms with Gasteiger partial charge in [-0.1, -0.05) is 328 Å². The number of hydrogen-bond acceptors (Lipinski definition) is 1. The number of allylic oxidation sites excluding steroid dienone is 1. The first-order valence-corrected chi connectivity index (χ1v) is 41.5. The summed E-state index contributed by atoms with van der Waals surface area (Å²) in [4.78, 5) is 15.4. The Morgan fingerprint density at radius 1 is 0.223 bits per heavy atom. The van der Waals surface area contributed by atoms with Gasteiger partial charge in [-0.25, -0.2) is 0 Å². The molecule has 19 aromatic rings. The zero-order chi connectivity index (χ0) is 74.8. The maximum Gasteiger partial charge on any atom is 0.207 e. The molecule has 19 rings (SSSR count). The van der Waals surface area contributed by atoms with Crippen molar-refractivity contribution < 1.29 is 0 Å². The van der Waals surface area contributed by atoms with Gasteiger partial charge in [-0.2, -0.15) is 4.99 Å². The molecule has 6 heteroatoms. The zero-order valence-corrected chi connectivity index (χ0v) is 63.3. The molecule has 0 spiro atoms. The van der Waals surface area contributed by atoms with Crippen molar-refractivity contribution in [3.05, 3.63) is 454 Å². The van der Waals surface area contributed by atoms with Crippen molar-refractivity contribution >= 4 is 75.4 Å². The molecule has 2 heterocycles. The highest BCUT2D eigenvalue weighted by atomic mass is 32.3. The Kier molecular flexibility index (Phi) is 18.4. The lowest BCUT2D eigenvalue weighted by Crippen LogP contribution is -2.22. The fourth-order valence-electron chi connectivity index (χ4n) is 16.5. The summed E-state index contributed by atoms with van der Waals surface area (Å²) in [6.45, 7) is 0. The number of hydrogen-bond donors (Lipinski definition) is 1. The molecule has 0 radical (unpaired) electrons. The number of para-hydroxylation sites is 4. The molecular weight excluding hydrogens is 1390 g/mol. The maximum atomic E-state index is 7.74. The van der Waals surface area contributed by atoms with Crippen LogP contribution in [0.5, 0.6) is 0 Å². The molecule has 0 saturated carbocycles. The molecule has 0 bridgehead atoms. The van der Waals surface area contributed by atoms with E-state index in [1.54, 1.807) is 0 Å². The van der Waals surface area contributed by atoms with Gasteiger partial charge < -0.3 is 5.73 Å². The average molecular weight is 1470 g/mol. The molecule has 2 aromatic heterocycles. The third-order valence-electron chi connectivity index (χ3n) is 21.9. The van der Waals surface area contributed by atoms with Gasteiger partial charge in [-0.3, -0.25) is 9.13 Å². The fraction of sp³-hybridized carbons (Fsp3) is 0.00943. The summed E-state index contributed by atoms with van der Waals surface area (Å²) in [6.07, 6.45) is 2.79. The molecule has 0 atom stereocenters. The summed E-state index contributed by atoms with van der Waals surface area (Å²) in [7, 11) is -5.16. The second-order valence-electron chi connectivity index (χ2n) is 28.4. The lowest BCUT2D eigenvalue weighted by atomic mass is 10.1. The van der Waals surface area contributed by atoms with E-state index in [2.05, 4.69) is 458 Å². The van der Waals surface area contributed by atoms with Crippen LogP contribution in [-0.2, 0) is 6.42 Å². The first-order valence-electron chi connectivity index (χ1n) is 38.2. The molecule has 0 saturated heterocycles. The Morgan fingerprint density at radius 3 is 0.670 bits per heavy atom.